The number of carbonyl (C=O) groups excluding carboxylic acids is 1. The van der Waals surface area contributed by atoms with E-state index in [-0.39, 0.29) is 13.1 Å². The molecule has 1 aliphatic carbocycles. The van der Waals surface area contributed by atoms with E-state index in [0.717, 1.165) is 0 Å². The van der Waals surface area contributed by atoms with Crippen LogP contribution in [0.15, 0.2) is 30.2 Å². The first kappa shape index (κ1) is 6.65. The summed E-state index contributed by atoms with van der Waals surface area (Å²) >= 11 is 0. The number of nitrogens with zero attached hydrogens (tertiary/aromatic N) is 1. The molecule has 0 aromatic heterocycles. The molecule has 1 unspecified atom stereocenters. The molecule has 1 aromatic rings. The molecule has 4 heteroatoms. The van der Waals surface area contributed by atoms with Crippen molar-refractivity contribution in [1.29, 1.82) is 1.43 Å². The first-order valence-corrected chi connectivity index (χ1v) is 7.77. The lowest BCUT2D eigenvalue weighted by Crippen LogP contribution is -2.45. The van der Waals surface area contributed by atoms with Crippen molar-refractivity contribution >= 4 is 5.97 Å². The predicted molar refractivity (Wildman–Crippen MR) is 103 cm³/mol. The van der Waals surface area contributed by atoms with Gasteiger partial charge in [0.1, 0.15) is 0 Å². The highest BCUT2D eigenvalue weighted by Crippen LogP contribution is 2.40. The van der Waals surface area contributed by atoms with Crippen LogP contribution in [0.4, 0.5) is 0 Å². The predicted octanol–water partition coefficient (Wildman–Crippen LogP) is 3.34. The number of rotatable bonds is 8. The second-order valence-electron chi connectivity index (χ2n) is 4.84. The SMILES string of the molecule is [2H]OC(C(=O)OCC#CC([2H])([2H])N(CC)CC)(c1c([2H])c([2H])c([2H])c([2H])c1[2H])C1([2H])C([2H])([2H])C([2H])([2H])C([2H])([2H])C([2H])([2H])C1([2H])[2H]. The molecule has 2 rings (SSSR count). The molecule has 1 N–H and O–H groups in total. The number of hydrogen-bond acceptors (Lipinski definition) is 4. The molecule has 4 nitrogen and oxygen atoms in total. The fraction of sp³-hybridized carbons (Fsp3) is 0.591. The molecule has 0 amide bonds. The lowest BCUT2D eigenvalue weighted by molar-refractivity contribution is -0.174. The number of ether oxygens (including phenoxy) is 1. The van der Waals surface area contributed by atoms with Crippen LogP contribution in [-0.2, 0) is 15.1 Å². The Kier molecular flexibility index (Phi) is 2.65. The Bertz CT molecular complexity index is 1340. The van der Waals surface area contributed by atoms with Crippen molar-refractivity contribution in [2.75, 3.05) is 26.2 Å². The van der Waals surface area contributed by atoms with Crippen LogP contribution in [0.1, 0.15) is 75.9 Å². The van der Waals surface area contributed by atoms with Crippen molar-refractivity contribution in [1.82, 2.24) is 4.90 Å². The Labute approximate surface area is 184 Å². The molecular formula is C22H31NO3. The maximum absolute atomic E-state index is 14.0. The topological polar surface area (TPSA) is 49.8 Å². The summed E-state index contributed by atoms with van der Waals surface area (Å²) in [5.74, 6) is -2.51. The Morgan fingerprint density at radius 3 is 2.69 bits per heavy atom. The Hall–Kier alpha value is -1.83. The lowest BCUT2D eigenvalue weighted by Gasteiger charge is -2.36. The fourth-order valence-electron chi connectivity index (χ4n) is 1.92. The quantitative estimate of drug-likeness (QED) is 0.558. The summed E-state index contributed by atoms with van der Waals surface area (Å²) in [4.78, 5) is 15.2. The summed E-state index contributed by atoms with van der Waals surface area (Å²) in [6.07, 6.45) is -21.4. The molecule has 1 saturated carbocycles. The maximum Gasteiger partial charge on any atom is 0.344 e. The smallest absolute Gasteiger partial charge is 0.344 e. The van der Waals surface area contributed by atoms with E-state index in [1.165, 1.54) is 4.90 Å². The minimum absolute atomic E-state index is 0.201. The van der Waals surface area contributed by atoms with E-state index < -0.39 is 98.2 Å². The molecule has 26 heavy (non-hydrogen) atoms. The number of benzene rings is 1. The van der Waals surface area contributed by atoms with Gasteiger partial charge >= 0.3 is 5.97 Å². The third kappa shape index (κ3) is 5.09. The minimum atomic E-state index is -4.54. The van der Waals surface area contributed by atoms with Crippen molar-refractivity contribution in [3.05, 3.63) is 35.8 Å². The summed E-state index contributed by atoms with van der Waals surface area (Å²) in [5, 5.41) is 4.49. The summed E-state index contributed by atoms with van der Waals surface area (Å²) in [7, 11) is 0. The van der Waals surface area contributed by atoms with E-state index in [2.05, 4.69) is 16.9 Å². The van der Waals surface area contributed by atoms with E-state index in [9.17, 15) is 6.17 Å². The third-order valence-corrected chi connectivity index (χ3v) is 3.33. The molecule has 1 aliphatic rings. The summed E-state index contributed by atoms with van der Waals surface area (Å²) in [6, 6.07) is -6.52. The first-order chi connectivity index (χ1) is 20.1. The molecule has 0 heterocycles. The molecule has 0 aliphatic heterocycles. The van der Waals surface area contributed by atoms with E-state index in [4.69, 9.17) is 29.5 Å². The van der Waals surface area contributed by atoms with Gasteiger partial charge in [-0.1, -0.05) is 75.0 Å². The van der Waals surface area contributed by atoms with Crippen molar-refractivity contribution < 1.29 is 39.3 Å². The monoisotopic (exact) mass is 376 g/mol. The second kappa shape index (κ2) is 10.4. The third-order valence-electron chi connectivity index (χ3n) is 3.33. The largest absolute Gasteiger partial charge is 0.450 e. The minimum Gasteiger partial charge on any atom is -0.450 e. The van der Waals surface area contributed by atoms with Crippen LogP contribution in [0.2, 0.25) is 0 Å². The first-order valence-electron chi connectivity index (χ1n) is 17.2. The molecule has 0 saturated heterocycles. The number of carbonyl (C=O) groups is 1. The molecule has 1 aromatic carbocycles. The van der Waals surface area contributed by atoms with Crippen LogP contribution in [0.25, 0.3) is 0 Å². The van der Waals surface area contributed by atoms with Gasteiger partial charge in [-0.05, 0) is 31.4 Å². The van der Waals surface area contributed by atoms with Crippen LogP contribution in [0.5, 0.6) is 0 Å². The lowest BCUT2D eigenvalue weighted by atomic mass is 9.73. The van der Waals surface area contributed by atoms with Gasteiger partial charge in [0.05, 0.1) is 16.1 Å². The van der Waals surface area contributed by atoms with Crippen molar-refractivity contribution in [3.8, 4) is 11.8 Å². The highest BCUT2D eigenvalue weighted by atomic mass is 16.5. The van der Waals surface area contributed by atoms with Crippen LogP contribution in [0, 0.1) is 17.7 Å². The number of esters is 1. The summed E-state index contributed by atoms with van der Waals surface area (Å²) < 4.78 is 163. The van der Waals surface area contributed by atoms with E-state index in [0.29, 0.717) is 0 Å². The van der Waals surface area contributed by atoms with E-state index in [1.54, 1.807) is 13.8 Å². The van der Waals surface area contributed by atoms with Gasteiger partial charge in [0, 0.05) is 21.0 Å². The van der Waals surface area contributed by atoms with Crippen molar-refractivity contribution in [2.24, 2.45) is 5.89 Å². The molecule has 142 valence electrons. The molecule has 1 atom stereocenters. The highest BCUT2D eigenvalue weighted by molar-refractivity contribution is 5.81. The Morgan fingerprint density at radius 1 is 1.38 bits per heavy atom. The molecule has 0 radical (unpaired) electrons. The average Bonchev–Trinajstić information content (AvgIpc) is 2.94. The second-order valence-corrected chi connectivity index (χ2v) is 4.84. The normalized spacial score (nSPS) is 39.3. The van der Waals surface area contributed by atoms with Gasteiger partial charge in [-0.2, -0.15) is 0 Å². The maximum atomic E-state index is 14.0. The Morgan fingerprint density at radius 2 is 2.08 bits per heavy atom. The van der Waals surface area contributed by atoms with Gasteiger partial charge in [-0.15, -0.1) is 0 Å². The fourth-order valence-corrected chi connectivity index (χ4v) is 1.92. The number of hydrogen-bond donors (Lipinski definition) is 1. The highest BCUT2D eigenvalue weighted by Gasteiger charge is 2.46. The zero-order chi connectivity index (χ0) is 35.6. The molecular weight excluding hydrogens is 326 g/mol. The standard InChI is InChI=1S/C22H31NO3/c1-3-23(4-2)17-11-12-18-26-21(24)22(25,19-13-7-5-8-14-19)20-15-9-6-10-16-20/h5,7-8,13-14,20,25H,3-4,6,9-10,15-18H2,1-2H3/i5D,6D2,7D,8D,9D2,10D2,13D,14D,15D2,16D2,17D2,20D,25D. The van der Waals surface area contributed by atoms with Crippen LogP contribution in [-0.4, -0.2) is 43.6 Å². The van der Waals surface area contributed by atoms with Gasteiger partial charge < -0.3 is 9.85 Å². The average molecular weight is 377 g/mol. The Balaban J connectivity index is 3.12. The van der Waals surface area contributed by atoms with Gasteiger partial charge in [0.2, 0.25) is 1.43 Å². The van der Waals surface area contributed by atoms with Gasteiger partial charge in [0.15, 0.2) is 12.2 Å². The van der Waals surface area contributed by atoms with Crippen LogP contribution in [0.3, 0.4) is 0 Å². The molecule has 0 bridgehead atoms. The molecule has 1 fully saturated rings. The van der Waals surface area contributed by atoms with Crippen LogP contribution < -0.4 is 0 Å². The number of aliphatic hydroxyl groups is 1. The van der Waals surface area contributed by atoms with Crippen LogP contribution >= 0.6 is 0 Å². The summed E-state index contributed by atoms with van der Waals surface area (Å²) in [5.41, 5.74) is -5.87. The van der Waals surface area contributed by atoms with E-state index >= 15 is 0 Å². The van der Waals surface area contributed by atoms with Gasteiger partial charge in [-0.3, -0.25) is 4.90 Å². The van der Waals surface area contributed by atoms with E-state index in [1.807, 2.05) is 0 Å². The van der Waals surface area contributed by atoms with Crippen molar-refractivity contribution in [2.45, 2.75) is 51.3 Å². The van der Waals surface area contributed by atoms with Gasteiger partial charge in [-0.25, -0.2) is 4.79 Å². The zero-order valence-corrected chi connectivity index (χ0v) is 14.3. The van der Waals surface area contributed by atoms with Crippen molar-refractivity contribution in [3.63, 3.8) is 0 Å². The molecule has 0 spiro atoms. The zero-order valence-electron chi connectivity index (χ0n) is 33.3. The van der Waals surface area contributed by atoms with Gasteiger partial charge in [0.25, 0.3) is 0 Å². The summed E-state index contributed by atoms with van der Waals surface area (Å²) in [6.45, 7) is 0.203.